The molecule has 1 nitrogen and oxygen atoms in total. The molecule has 2 rings (SSSR count). The zero-order chi connectivity index (χ0) is 9.42. The van der Waals surface area contributed by atoms with Crippen molar-refractivity contribution in [3.05, 3.63) is 33.3 Å². The van der Waals surface area contributed by atoms with Gasteiger partial charge in [0.15, 0.2) is 0 Å². The third-order valence-corrected chi connectivity index (χ3v) is 3.23. The van der Waals surface area contributed by atoms with Gasteiger partial charge in [-0.2, -0.15) is 0 Å². The third kappa shape index (κ3) is 1.83. The van der Waals surface area contributed by atoms with Crippen molar-refractivity contribution in [3.8, 4) is 0 Å². The highest BCUT2D eigenvalue weighted by molar-refractivity contribution is 6.42. The van der Waals surface area contributed by atoms with E-state index in [2.05, 4.69) is 0 Å². The highest BCUT2D eigenvalue weighted by Gasteiger charge is 2.16. The predicted molar refractivity (Wildman–Crippen MR) is 56.5 cm³/mol. The van der Waals surface area contributed by atoms with Crippen LogP contribution in [0.5, 0.6) is 0 Å². The van der Waals surface area contributed by atoms with E-state index in [0.717, 1.165) is 19.3 Å². The van der Waals surface area contributed by atoms with Crippen LogP contribution in [-0.2, 0) is 12.8 Å². The molecule has 0 spiro atoms. The SMILES string of the molecule is NC1CCc2cc(Cl)c(Cl)cc2C1. The molecule has 1 aliphatic rings. The normalized spacial score (nSPS) is 21.3. The lowest BCUT2D eigenvalue weighted by atomic mass is 9.89. The van der Waals surface area contributed by atoms with Crippen molar-refractivity contribution in [2.24, 2.45) is 5.73 Å². The minimum absolute atomic E-state index is 0.282. The zero-order valence-corrected chi connectivity index (χ0v) is 8.70. The van der Waals surface area contributed by atoms with Crippen molar-refractivity contribution in [2.75, 3.05) is 0 Å². The van der Waals surface area contributed by atoms with Crippen molar-refractivity contribution in [3.63, 3.8) is 0 Å². The number of rotatable bonds is 0. The van der Waals surface area contributed by atoms with Crippen LogP contribution in [0.15, 0.2) is 12.1 Å². The summed E-state index contributed by atoms with van der Waals surface area (Å²) in [6.07, 6.45) is 2.99. The van der Waals surface area contributed by atoms with Crippen LogP contribution in [0.3, 0.4) is 0 Å². The lowest BCUT2D eigenvalue weighted by Gasteiger charge is -2.21. The fourth-order valence-corrected chi connectivity index (χ4v) is 2.15. The first kappa shape index (κ1) is 9.32. The van der Waals surface area contributed by atoms with Crippen molar-refractivity contribution in [1.82, 2.24) is 0 Å². The molecule has 1 aromatic rings. The molecular formula is C10H11Cl2N. The Kier molecular flexibility index (Phi) is 2.50. The van der Waals surface area contributed by atoms with Crippen molar-refractivity contribution in [1.29, 1.82) is 0 Å². The lowest BCUT2D eigenvalue weighted by molar-refractivity contribution is 0.576. The van der Waals surface area contributed by atoms with Gasteiger partial charge in [-0.3, -0.25) is 0 Å². The Morgan fingerprint density at radius 2 is 1.77 bits per heavy atom. The first-order chi connectivity index (χ1) is 6.16. The average molecular weight is 216 g/mol. The van der Waals surface area contributed by atoms with Crippen molar-refractivity contribution >= 4 is 23.2 Å². The van der Waals surface area contributed by atoms with Crippen LogP contribution in [0.1, 0.15) is 17.5 Å². The van der Waals surface area contributed by atoms with Gasteiger partial charge in [-0.1, -0.05) is 23.2 Å². The zero-order valence-electron chi connectivity index (χ0n) is 7.19. The van der Waals surface area contributed by atoms with Gasteiger partial charge in [0.25, 0.3) is 0 Å². The van der Waals surface area contributed by atoms with E-state index in [9.17, 15) is 0 Å². The first-order valence-corrected chi connectivity index (χ1v) is 5.15. The molecular weight excluding hydrogens is 205 g/mol. The number of halogens is 2. The number of nitrogens with two attached hydrogens (primary N) is 1. The smallest absolute Gasteiger partial charge is 0.0595 e. The van der Waals surface area contributed by atoms with Crippen LogP contribution in [-0.4, -0.2) is 6.04 Å². The van der Waals surface area contributed by atoms with E-state index >= 15 is 0 Å². The van der Waals surface area contributed by atoms with Gasteiger partial charge in [-0.25, -0.2) is 0 Å². The summed E-state index contributed by atoms with van der Waals surface area (Å²) in [5.41, 5.74) is 8.42. The van der Waals surface area contributed by atoms with Crippen molar-refractivity contribution in [2.45, 2.75) is 25.3 Å². The fourth-order valence-electron chi connectivity index (χ4n) is 1.78. The predicted octanol–water partition coefficient (Wildman–Crippen LogP) is 2.81. The van der Waals surface area contributed by atoms with E-state index in [1.807, 2.05) is 12.1 Å². The molecule has 0 aromatic heterocycles. The number of hydrogen-bond donors (Lipinski definition) is 1. The fraction of sp³-hybridized carbons (Fsp3) is 0.400. The molecule has 1 unspecified atom stereocenters. The highest BCUT2D eigenvalue weighted by Crippen LogP contribution is 2.29. The van der Waals surface area contributed by atoms with Gasteiger partial charge >= 0.3 is 0 Å². The maximum atomic E-state index is 5.92. The Bertz CT molecular complexity index is 336. The molecule has 0 aliphatic heterocycles. The van der Waals surface area contributed by atoms with Gasteiger partial charge in [0.05, 0.1) is 10.0 Å². The summed E-state index contributed by atoms with van der Waals surface area (Å²) in [5, 5.41) is 1.28. The largest absolute Gasteiger partial charge is 0.327 e. The summed E-state index contributed by atoms with van der Waals surface area (Å²) >= 11 is 11.8. The average Bonchev–Trinajstić information content (AvgIpc) is 2.08. The van der Waals surface area contributed by atoms with E-state index in [4.69, 9.17) is 28.9 Å². The lowest BCUT2D eigenvalue weighted by Crippen LogP contribution is -2.27. The van der Waals surface area contributed by atoms with E-state index in [-0.39, 0.29) is 6.04 Å². The Labute approximate surface area is 87.8 Å². The second kappa shape index (κ2) is 3.49. The molecule has 0 saturated carbocycles. The summed E-state index contributed by atoms with van der Waals surface area (Å²) in [4.78, 5) is 0. The Hall–Kier alpha value is -0.240. The molecule has 0 radical (unpaired) electrons. The van der Waals surface area contributed by atoms with Crippen molar-refractivity contribution < 1.29 is 0 Å². The van der Waals surface area contributed by atoms with E-state index in [1.54, 1.807) is 0 Å². The molecule has 0 fully saturated rings. The van der Waals surface area contributed by atoms with Gasteiger partial charge in [-0.05, 0) is 42.5 Å². The molecule has 3 heteroatoms. The molecule has 1 atom stereocenters. The Balaban J connectivity index is 2.43. The maximum Gasteiger partial charge on any atom is 0.0595 e. The molecule has 1 aromatic carbocycles. The molecule has 1 aliphatic carbocycles. The van der Waals surface area contributed by atoms with E-state index in [0.29, 0.717) is 10.0 Å². The summed E-state index contributed by atoms with van der Waals surface area (Å²) in [5.74, 6) is 0. The summed E-state index contributed by atoms with van der Waals surface area (Å²) in [7, 11) is 0. The number of fused-ring (bicyclic) bond motifs is 1. The van der Waals surface area contributed by atoms with Crippen LogP contribution < -0.4 is 5.73 Å². The van der Waals surface area contributed by atoms with E-state index < -0.39 is 0 Å². The molecule has 13 heavy (non-hydrogen) atoms. The van der Waals surface area contributed by atoms with Crippen LogP contribution in [0.2, 0.25) is 10.0 Å². The van der Waals surface area contributed by atoms with E-state index in [1.165, 1.54) is 11.1 Å². The van der Waals surface area contributed by atoms with Crippen LogP contribution in [0, 0.1) is 0 Å². The second-order valence-corrected chi connectivity index (χ2v) is 4.35. The van der Waals surface area contributed by atoms with Crippen LogP contribution >= 0.6 is 23.2 Å². The monoisotopic (exact) mass is 215 g/mol. The molecule has 0 heterocycles. The standard InChI is InChI=1S/C10H11Cl2N/c11-9-4-6-1-2-8(13)3-7(6)5-10(9)12/h4-5,8H,1-3,13H2. The number of benzene rings is 1. The molecule has 0 amide bonds. The number of hydrogen-bond acceptors (Lipinski definition) is 1. The first-order valence-electron chi connectivity index (χ1n) is 4.39. The Morgan fingerprint density at radius 1 is 1.15 bits per heavy atom. The summed E-state index contributed by atoms with van der Waals surface area (Å²) < 4.78 is 0. The third-order valence-electron chi connectivity index (χ3n) is 2.51. The minimum Gasteiger partial charge on any atom is -0.327 e. The second-order valence-electron chi connectivity index (χ2n) is 3.54. The Morgan fingerprint density at radius 3 is 2.46 bits per heavy atom. The van der Waals surface area contributed by atoms with Crippen LogP contribution in [0.25, 0.3) is 0 Å². The number of aryl methyl sites for hydroxylation is 1. The molecule has 0 bridgehead atoms. The topological polar surface area (TPSA) is 26.0 Å². The quantitative estimate of drug-likeness (QED) is 0.708. The van der Waals surface area contributed by atoms with Gasteiger partial charge in [0.2, 0.25) is 0 Å². The highest BCUT2D eigenvalue weighted by atomic mass is 35.5. The van der Waals surface area contributed by atoms with Crippen LogP contribution in [0.4, 0.5) is 0 Å². The minimum atomic E-state index is 0.282. The summed E-state index contributed by atoms with van der Waals surface area (Å²) in [6, 6.07) is 4.19. The van der Waals surface area contributed by atoms with Gasteiger partial charge in [0.1, 0.15) is 0 Å². The molecule has 2 N–H and O–H groups in total. The van der Waals surface area contributed by atoms with Gasteiger partial charge in [-0.15, -0.1) is 0 Å². The molecule has 70 valence electrons. The van der Waals surface area contributed by atoms with Gasteiger partial charge < -0.3 is 5.73 Å². The van der Waals surface area contributed by atoms with Gasteiger partial charge in [0, 0.05) is 6.04 Å². The summed E-state index contributed by atoms with van der Waals surface area (Å²) in [6.45, 7) is 0. The molecule has 0 saturated heterocycles. The maximum absolute atomic E-state index is 5.92.